The number of imidazole rings is 1. The zero-order valence-corrected chi connectivity index (χ0v) is 21.2. The smallest absolute Gasteiger partial charge is 0.244 e. The Balaban J connectivity index is 1.30. The SMILES string of the molecule is CC(C)c1ccccc1OCCCCn1c(CCNC(=O)/C=C/c2ccccc2)nc2ccccc21. The number of ether oxygens (including phenoxy) is 1. The predicted molar refractivity (Wildman–Crippen MR) is 147 cm³/mol. The molecule has 5 nitrogen and oxygen atoms in total. The lowest BCUT2D eigenvalue weighted by Gasteiger charge is -2.14. The number of benzene rings is 3. The zero-order chi connectivity index (χ0) is 25.2. The van der Waals surface area contributed by atoms with E-state index in [2.05, 4.69) is 48.0 Å². The number of amides is 1. The molecule has 0 unspecified atom stereocenters. The maximum atomic E-state index is 12.3. The zero-order valence-electron chi connectivity index (χ0n) is 21.2. The molecule has 0 atom stereocenters. The Hall–Kier alpha value is -3.86. The summed E-state index contributed by atoms with van der Waals surface area (Å²) in [5, 5.41) is 2.98. The van der Waals surface area contributed by atoms with Crippen LogP contribution in [-0.4, -0.2) is 28.6 Å². The average molecular weight is 482 g/mol. The number of fused-ring (bicyclic) bond motifs is 1. The van der Waals surface area contributed by atoms with Gasteiger partial charge in [0.25, 0.3) is 0 Å². The predicted octanol–water partition coefficient (Wildman–Crippen LogP) is 6.39. The van der Waals surface area contributed by atoms with E-state index < -0.39 is 0 Å². The number of unbranched alkanes of at least 4 members (excludes halogenated alkanes) is 1. The number of para-hydroxylation sites is 3. The topological polar surface area (TPSA) is 56.1 Å². The van der Waals surface area contributed by atoms with Crippen LogP contribution in [0.1, 0.15) is 49.6 Å². The largest absolute Gasteiger partial charge is 0.493 e. The normalized spacial score (nSPS) is 11.4. The van der Waals surface area contributed by atoms with Gasteiger partial charge in [-0.3, -0.25) is 4.79 Å². The molecule has 0 saturated carbocycles. The van der Waals surface area contributed by atoms with Gasteiger partial charge in [0.2, 0.25) is 5.91 Å². The van der Waals surface area contributed by atoms with Crippen LogP contribution in [0.2, 0.25) is 0 Å². The molecule has 0 aliphatic rings. The third-order valence-electron chi connectivity index (χ3n) is 6.18. The van der Waals surface area contributed by atoms with Crippen molar-refractivity contribution in [3.8, 4) is 5.75 Å². The third-order valence-corrected chi connectivity index (χ3v) is 6.18. The van der Waals surface area contributed by atoms with E-state index in [0.717, 1.165) is 47.6 Å². The lowest BCUT2D eigenvalue weighted by Crippen LogP contribution is -2.24. The van der Waals surface area contributed by atoms with Gasteiger partial charge in [0.1, 0.15) is 11.6 Å². The molecule has 4 rings (SSSR count). The van der Waals surface area contributed by atoms with Crippen molar-refractivity contribution in [2.45, 2.75) is 45.6 Å². The first-order valence-electron chi connectivity index (χ1n) is 12.8. The second-order valence-electron chi connectivity index (χ2n) is 9.20. The van der Waals surface area contributed by atoms with Gasteiger partial charge in [-0.05, 0) is 54.2 Å². The van der Waals surface area contributed by atoms with E-state index in [1.807, 2.05) is 60.7 Å². The summed E-state index contributed by atoms with van der Waals surface area (Å²) in [5.41, 5.74) is 4.38. The lowest BCUT2D eigenvalue weighted by atomic mass is 10.0. The highest BCUT2D eigenvalue weighted by atomic mass is 16.5. The fourth-order valence-corrected chi connectivity index (χ4v) is 4.30. The first kappa shape index (κ1) is 25.2. The summed E-state index contributed by atoms with van der Waals surface area (Å²) in [6, 6.07) is 26.3. The van der Waals surface area contributed by atoms with Crippen molar-refractivity contribution in [2.24, 2.45) is 0 Å². The number of hydrogen-bond acceptors (Lipinski definition) is 3. The minimum Gasteiger partial charge on any atom is -0.493 e. The first-order valence-corrected chi connectivity index (χ1v) is 12.8. The summed E-state index contributed by atoms with van der Waals surface area (Å²) >= 11 is 0. The molecule has 4 aromatic rings. The summed E-state index contributed by atoms with van der Waals surface area (Å²) in [6.07, 6.45) is 6.03. The van der Waals surface area contributed by atoms with Crippen molar-refractivity contribution in [2.75, 3.05) is 13.2 Å². The molecule has 0 aliphatic heterocycles. The van der Waals surface area contributed by atoms with Crippen LogP contribution in [0.25, 0.3) is 17.1 Å². The number of aromatic nitrogens is 2. The van der Waals surface area contributed by atoms with E-state index in [4.69, 9.17) is 9.72 Å². The van der Waals surface area contributed by atoms with Gasteiger partial charge >= 0.3 is 0 Å². The molecule has 1 N–H and O–H groups in total. The molecule has 1 amide bonds. The monoisotopic (exact) mass is 481 g/mol. The van der Waals surface area contributed by atoms with Gasteiger partial charge < -0.3 is 14.6 Å². The van der Waals surface area contributed by atoms with Gasteiger partial charge in [0, 0.05) is 25.6 Å². The fourth-order valence-electron chi connectivity index (χ4n) is 4.30. The highest BCUT2D eigenvalue weighted by Gasteiger charge is 2.11. The van der Waals surface area contributed by atoms with E-state index in [-0.39, 0.29) is 5.91 Å². The number of aryl methyl sites for hydroxylation is 1. The second-order valence-corrected chi connectivity index (χ2v) is 9.20. The summed E-state index contributed by atoms with van der Waals surface area (Å²) in [7, 11) is 0. The second kappa shape index (κ2) is 12.7. The van der Waals surface area contributed by atoms with Crippen LogP contribution < -0.4 is 10.1 Å². The van der Waals surface area contributed by atoms with E-state index in [1.165, 1.54) is 5.56 Å². The van der Waals surface area contributed by atoms with Crippen LogP contribution in [0, 0.1) is 0 Å². The lowest BCUT2D eigenvalue weighted by molar-refractivity contribution is -0.116. The molecule has 36 heavy (non-hydrogen) atoms. The average Bonchev–Trinajstić information content (AvgIpc) is 3.25. The van der Waals surface area contributed by atoms with Crippen molar-refractivity contribution in [3.63, 3.8) is 0 Å². The Kier molecular flexibility index (Phi) is 8.92. The van der Waals surface area contributed by atoms with Crippen molar-refractivity contribution in [1.82, 2.24) is 14.9 Å². The summed E-state index contributed by atoms with van der Waals surface area (Å²) < 4.78 is 8.38. The van der Waals surface area contributed by atoms with Crippen LogP contribution in [0.5, 0.6) is 5.75 Å². The number of nitrogens with zero attached hydrogens (tertiary/aromatic N) is 2. The molecule has 0 radical (unpaired) electrons. The minimum atomic E-state index is -0.0969. The molecule has 0 fully saturated rings. The van der Waals surface area contributed by atoms with Gasteiger partial charge in [0.15, 0.2) is 0 Å². The molecule has 0 saturated heterocycles. The molecule has 0 bridgehead atoms. The molecule has 0 spiro atoms. The number of carbonyl (C=O) groups is 1. The number of hydrogen-bond donors (Lipinski definition) is 1. The van der Waals surface area contributed by atoms with Crippen LogP contribution in [-0.2, 0) is 17.8 Å². The minimum absolute atomic E-state index is 0.0969. The Labute approximate surface area is 213 Å². The molecular formula is C31H35N3O2. The Morgan fingerprint density at radius 3 is 2.56 bits per heavy atom. The van der Waals surface area contributed by atoms with Gasteiger partial charge in [-0.25, -0.2) is 4.98 Å². The van der Waals surface area contributed by atoms with Crippen molar-refractivity contribution < 1.29 is 9.53 Å². The number of nitrogens with one attached hydrogen (secondary N) is 1. The Morgan fingerprint density at radius 2 is 1.72 bits per heavy atom. The maximum absolute atomic E-state index is 12.3. The van der Waals surface area contributed by atoms with Crippen LogP contribution in [0.3, 0.4) is 0 Å². The van der Waals surface area contributed by atoms with Gasteiger partial charge in [-0.1, -0.05) is 74.5 Å². The summed E-state index contributed by atoms with van der Waals surface area (Å²) in [6.45, 7) is 6.48. The molecular weight excluding hydrogens is 446 g/mol. The number of carbonyl (C=O) groups excluding carboxylic acids is 1. The van der Waals surface area contributed by atoms with E-state index in [9.17, 15) is 4.79 Å². The summed E-state index contributed by atoms with van der Waals surface area (Å²) in [5.74, 6) is 2.32. The Morgan fingerprint density at radius 1 is 0.972 bits per heavy atom. The molecule has 1 heterocycles. The Bertz CT molecular complexity index is 1290. The molecule has 0 aliphatic carbocycles. The van der Waals surface area contributed by atoms with E-state index >= 15 is 0 Å². The molecule has 1 aromatic heterocycles. The summed E-state index contributed by atoms with van der Waals surface area (Å²) in [4.78, 5) is 17.1. The maximum Gasteiger partial charge on any atom is 0.244 e. The van der Waals surface area contributed by atoms with Crippen molar-refractivity contribution in [1.29, 1.82) is 0 Å². The van der Waals surface area contributed by atoms with Crippen LogP contribution >= 0.6 is 0 Å². The first-order chi connectivity index (χ1) is 17.6. The quantitative estimate of drug-likeness (QED) is 0.188. The molecule has 186 valence electrons. The van der Waals surface area contributed by atoms with Gasteiger partial charge in [0.05, 0.1) is 17.6 Å². The van der Waals surface area contributed by atoms with Crippen LogP contribution in [0.15, 0.2) is 84.9 Å². The van der Waals surface area contributed by atoms with E-state index in [0.29, 0.717) is 25.5 Å². The van der Waals surface area contributed by atoms with Crippen molar-refractivity contribution >= 4 is 23.0 Å². The van der Waals surface area contributed by atoms with Crippen LogP contribution in [0.4, 0.5) is 0 Å². The number of rotatable bonds is 12. The third kappa shape index (κ3) is 6.85. The standard InChI is InChI=1S/C31H35N3O2/c1-24(2)26-14-6-9-17-29(26)36-23-11-10-22-34-28-16-8-7-15-27(28)33-30(34)20-21-32-31(35)19-18-25-12-4-3-5-13-25/h3-9,12-19,24H,10-11,20-23H2,1-2H3,(H,32,35)/b19-18+. The van der Waals surface area contributed by atoms with Crippen molar-refractivity contribution in [3.05, 3.63) is 102 Å². The molecule has 5 heteroatoms. The fraction of sp³-hybridized carbons (Fsp3) is 0.290. The molecule has 3 aromatic carbocycles. The van der Waals surface area contributed by atoms with E-state index in [1.54, 1.807) is 6.08 Å². The van der Waals surface area contributed by atoms with Gasteiger partial charge in [-0.2, -0.15) is 0 Å². The highest BCUT2D eigenvalue weighted by molar-refractivity contribution is 5.91. The van der Waals surface area contributed by atoms with Gasteiger partial charge in [-0.15, -0.1) is 0 Å². The highest BCUT2D eigenvalue weighted by Crippen LogP contribution is 2.26.